The zero-order valence-electron chi connectivity index (χ0n) is 18.8. The summed E-state index contributed by atoms with van der Waals surface area (Å²) in [5.41, 5.74) is 0.462. The Hall–Kier alpha value is 0.0569. The van der Waals surface area contributed by atoms with E-state index in [2.05, 4.69) is 9.13 Å². The van der Waals surface area contributed by atoms with E-state index in [1.54, 1.807) is 0 Å². The summed E-state index contributed by atoms with van der Waals surface area (Å²) in [6, 6.07) is 1.62. The SMILES string of the molecule is COC[Si](C1CCCO1)(N1CCCC2CCCCC21)N1CCCC2CCCCC21. The van der Waals surface area contributed by atoms with Gasteiger partial charge in [-0.05, 0) is 89.1 Å². The van der Waals surface area contributed by atoms with Crippen molar-refractivity contribution in [1.29, 1.82) is 0 Å². The van der Waals surface area contributed by atoms with Crippen molar-refractivity contribution in [2.75, 3.05) is 33.0 Å². The van der Waals surface area contributed by atoms with Gasteiger partial charge in [-0.2, -0.15) is 0 Å². The third kappa shape index (κ3) is 3.77. The molecule has 5 rings (SSSR count). The molecule has 5 aliphatic rings. The lowest BCUT2D eigenvalue weighted by atomic mass is 9.79. The number of rotatable bonds is 5. The minimum absolute atomic E-state index is 0.462. The first-order valence-corrected chi connectivity index (χ1v) is 15.2. The minimum Gasteiger partial charge on any atom is -0.385 e. The molecule has 5 fully saturated rings. The van der Waals surface area contributed by atoms with Gasteiger partial charge in [-0.25, -0.2) is 0 Å². The summed E-state index contributed by atoms with van der Waals surface area (Å²) in [6.07, 6.45) is 20.8. The van der Waals surface area contributed by atoms with Gasteiger partial charge in [-0.1, -0.05) is 25.7 Å². The Morgan fingerprint density at radius 2 is 1.28 bits per heavy atom. The number of hydrogen-bond acceptors (Lipinski definition) is 4. The zero-order valence-corrected chi connectivity index (χ0v) is 19.8. The van der Waals surface area contributed by atoms with E-state index in [0.29, 0.717) is 5.73 Å². The fourth-order valence-electron chi connectivity index (χ4n) is 8.16. The summed E-state index contributed by atoms with van der Waals surface area (Å²) in [5, 5.41) is 0. The molecule has 5 unspecified atom stereocenters. The van der Waals surface area contributed by atoms with E-state index in [4.69, 9.17) is 9.47 Å². The van der Waals surface area contributed by atoms with E-state index < -0.39 is 8.40 Å². The standard InChI is InChI=1S/C24H44N2O2Si/c1-27-19-29(24-15-8-18-28-24,25-16-6-11-20-9-2-4-13-22(20)25)26-17-7-12-21-10-3-5-14-23(21)26/h20-24H,2-19H2,1H3. The minimum atomic E-state index is -2.06. The second-order valence-corrected chi connectivity index (χ2v) is 14.5. The van der Waals surface area contributed by atoms with Gasteiger partial charge in [-0.3, -0.25) is 0 Å². The number of piperidine rings is 2. The van der Waals surface area contributed by atoms with Crippen LogP contribution >= 0.6 is 0 Å². The van der Waals surface area contributed by atoms with Gasteiger partial charge >= 0.3 is 0 Å². The van der Waals surface area contributed by atoms with Crippen LogP contribution in [0.15, 0.2) is 0 Å². The maximum atomic E-state index is 6.64. The molecule has 2 saturated carbocycles. The van der Waals surface area contributed by atoms with E-state index >= 15 is 0 Å². The summed E-state index contributed by atoms with van der Waals surface area (Å²) < 4.78 is 19.1. The molecule has 0 aromatic heterocycles. The van der Waals surface area contributed by atoms with Crippen molar-refractivity contribution in [2.24, 2.45) is 11.8 Å². The van der Waals surface area contributed by atoms with Gasteiger partial charge < -0.3 is 18.6 Å². The average molecular weight is 421 g/mol. The van der Waals surface area contributed by atoms with Crippen LogP contribution in [0.2, 0.25) is 0 Å². The number of hydrogen-bond donors (Lipinski definition) is 0. The topological polar surface area (TPSA) is 24.9 Å². The average Bonchev–Trinajstić information content (AvgIpc) is 3.32. The van der Waals surface area contributed by atoms with Crippen LogP contribution in [-0.2, 0) is 9.47 Å². The van der Waals surface area contributed by atoms with Crippen LogP contribution in [0, 0.1) is 11.8 Å². The van der Waals surface area contributed by atoms with Crippen LogP contribution in [0.25, 0.3) is 0 Å². The molecule has 0 bridgehead atoms. The van der Waals surface area contributed by atoms with Crippen molar-refractivity contribution in [3.8, 4) is 0 Å². The molecule has 166 valence electrons. The Kier molecular flexibility index (Phi) is 6.70. The van der Waals surface area contributed by atoms with Gasteiger partial charge in [0.25, 0.3) is 8.40 Å². The molecule has 2 aliphatic carbocycles. The first-order chi connectivity index (χ1) is 14.3. The van der Waals surface area contributed by atoms with Crippen LogP contribution in [0.5, 0.6) is 0 Å². The molecule has 29 heavy (non-hydrogen) atoms. The summed E-state index contributed by atoms with van der Waals surface area (Å²) in [5.74, 6) is 1.88. The van der Waals surface area contributed by atoms with Crippen LogP contribution < -0.4 is 0 Å². The largest absolute Gasteiger partial charge is 0.385 e. The molecular formula is C24H44N2O2Si. The van der Waals surface area contributed by atoms with Gasteiger partial charge in [0.2, 0.25) is 0 Å². The molecule has 0 amide bonds. The molecule has 5 atom stereocenters. The number of ether oxygens (including phenoxy) is 2. The molecule has 5 heteroatoms. The third-order valence-corrected chi connectivity index (χ3v) is 14.6. The molecule has 0 spiro atoms. The van der Waals surface area contributed by atoms with Crippen LogP contribution in [0.4, 0.5) is 0 Å². The molecule has 3 heterocycles. The molecule has 3 aliphatic heterocycles. The van der Waals surface area contributed by atoms with Gasteiger partial charge in [-0.15, -0.1) is 0 Å². The molecule has 0 aromatic carbocycles. The van der Waals surface area contributed by atoms with E-state index in [-0.39, 0.29) is 0 Å². The first kappa shape index (κ1) is 20.9. The van der Waals surface area contributed by atoms with Crippen LogP contribution in [0.1, 0.15) is 89.9 Å². The fourth-order valence-corrected chi connectivity index (χ4v) is 14.1. The van der Waals surface area contributed by atoms with E-state index in [1.807, 2.05) is 7.11 Å². The second-order valence-electron chi connectivity index (χ2n) is 10.7. The summed E-state index contributed by atoms with van der Waals surface area (Å²) in [7, 11) is -0.0815. The van der Waals surface area contributed by atoms with Crippen molar-refractivity contribution >= 4 is 8.40 Å². The van der Waals surface area contributed by atoms with Crippen molar-refractivity contribution in [1.82, 2.24) is 9.13 Å². The maximum absolute atomic E-state index is 6.64. The van der Waals surface area contributed by atoms with Crippen molar-refractivity contribution in [3.63, 3.8) is 0 Å². The quantitative estimate of drug-likeness (QED) is 0.605. The van der Waals surface area contributed by atoms with Crippen molar-refractivity contribution in [3.05, 3.63) is 0 Å². The predicted molar refractivity (Wildman–Crippen MR) is 120 cm³/mol. The van der Waals surface area contributed by atoms with E-state index in [1.165, 1.54) is 103 Å². The highest BCUT2D eigenvalue weighted by Crippen LogP contribution is 2.45. The van der Waals surface area contributed by atoms with E-state index in [0.717, 1.165) is 36.8 Å². The predicted octanol–water partition coefficient (Wildman–Crippen LogP) is 4.64. The Balaban J connectivity index is 1.54. The van der Waals surface area contributed by atoms with Crippen molar-refractivity contribution in [2.45, 2.75) is 108 Å². The van der Waals surface area contributed by atoms with Gasteiger partial charge in [0, 0.05) is 25.8 Å². The smallest absolute Gasteiger partial charge is 0.262 e. The number of nitrogens with zero attached hydrogens (tertiary/aromatic N) is 2. The van der Waals surface area contributed by atoms with Crippen LogP contribution in [-0.4, -0.2) is 68.4 Å². The zero-order chi connectivity index (χ0) is 19.7. The highest BCUT2D eigenvalue weighted by molar-refractivity contribution is 6.76. The molecule has 0 radical (unpaired) electrons. The number of fused-ring (bicyclic) bond motifs is 2. The molecular weight excluding hydrogens is 376 g/mol. The Labute approximate surface area is 179 Å². The summed E-state index contributed by atoms with van der Waals surface area (Å²) >= 11 is 0. The maximum Gasteiger partial charge on any atom is 0.262 e. The molecule has 3 saturated heterocycles. The lowest BCUT2D eigenvalue weighted by Gasteiger charge is -2.61. The van der Waals surface area contributed by atoms with Gasteiger partial charge in [0.1, 0.15) is 0 Å². The number of methoxy groups -OCH3 is 1. The first-order valence-electron chi connectivity index (χ1n) is 13.0. The lowest BCUT2D eigenvalue weighted by Crippen LogP contribution is -2.80. The van der Waals surface area contributed by atoms with E-state index in [9.17, 15) is 0 Å². The monoisotopic (exact) mass is 420 g/mol. The fraction of sp³-hybridized carbons (Fsp3) is 1.00. The Morgan fingerprint density at radius 3 is 1.79 bits per heavy atom. The highest BCUT2D eigenvalue weighted by atomic mass is 28.4. The van der Waals surface area contributed by atoms with Gasteiger partial charge in [0.15, 0.2) is 0 Å². The summed E-state index contributed by atoms with van der Waals surface area (Å²) in [4.78, 5) is 0. The lowest BCUT2D eigenvalue weighted by molar-refractivity contribution is 0.0341. The molecule has 0 N–H and O–H groups in total. The Morgan fingerprint density at radius 1 is 0.724 bits per heavy atom. The third-order valence-electron chi connectivity index (χ3n) is 9.28. The van der Waals surface area contributed by atoms with Crippen LogP contribution in [0.3, 0.4) is 0 Å². The highest BCUT2D eigenvalue weighted by Gasteiger charge is 2.59. The van der Waals surface area contributed by atoms with Gasteiger partial charge in [0.05, 0.1) is 12.0 Å². The molecule has 0 aromatic rings. The molecule has 4 nitrogen and oxygen atoms in total. The van der Waals surface area contributed by atoms with Crippen molar-refractivity contribution < 1.29 is 9.47 Å². The summed E-state index contributed by atoms with van der Waals surface area (Å²) in [6.45, 7) is 3.60. The Bertz CT molecular complexity index is 503. The second kappa shape index (κ2) is 9.28. The normalized spacial score (nSPS) is 41.5.